The quantitative estimate of drug-likeness (QED) is 0.210. The summed E-state index contributed by atoms with van der Waals surface area (Å²) in [7, 11) is 5.53. The van der Waals surface area contributed by atoms with Crippen molar-refractivity contribution in [2.45, 2.75) is 64.0 Å². The van der Waals surface area contributed by atoms with Gasteiger partial charge in [0.25, 0.3) is 0 Å². The number of hydrogen-bond donors (Lipinski definition) is 2. The van der Waals surface area contributed by atoms with E-state index in [2.05, 4.69) is 32.3 Å². The van der Waals surface area contributed by atoms with E-state index in [1.54, 1.807) is 4.90 Å². The van der Waals surface area contributed by atoms with Crippen LogP contribution < -0.4 is 10.6 Å². The lowest BCUT2D eigenvalue weighted by atomic mass is 10.0. The standard InChI is InChI=1S/C21H42N6O.HI/c1-5-18-10-6-7-14-26(18)17-13-24-21(22-2)23-12-9-16-27-15-8-11-19(27)20(28)25(3)4;/h18-19H,5-17H2,1-4H3,(H2,22,23,24);1H. The van der Waals surface area contributed by atoms with Crippen LogP contribution in [0.2, 0.25) is 0 Å². The third kappa shape index (κ3) is 8.57. The summed E-state index contributed by atoms with van der Waals surface area (Å²) in [5.74, 6) is 1.12. The van der Waals surface area contributed by atoms with Crippen molar-refractivity contribution in [2.24, 2.45) is 4.99 Å². The summed E-state index contributed by atoms with van der Waals surface area (Å²) in [6, 6.07) is 0.826. The molecular weight excluding hydrogens is 479 g/mol. The highest BCUT2D eigenvalue weighted by Gasteiger charge is 2.31. The lowest BCUT2D eigenvalue weighted by Crippen LogP contribution is -2.46. The number of nitrogens with one attached hydrogen (secondary N) is 2. The predicted molar refractivity (Wildman–Crippen MR) is 132 cm³/mol. The zero-order valence-corrected chi connectivity index (χ0v) is 21.3. The minimum absolute atomic E-state index is 0. The molecule has 0 aliphatic carbocycles. The Kier molecular flexibility index (Phi) is 13.1. The number of carbonyl (C=O) groups is 1. The Morgan fingerprint density at radius 3 is 2.45 bits per heavy atom. The topological polar surface area (TPSA) is 63.2 Å². The summed E-state index contributed by atoms with van der Waals surface area (Å²) in [5, 5.41) is 6.88. The molecule has 0 aromatic carbocycles. The van der Waals surface area contributed by atoms with E-state index in [9.17, 15) is 4.79 Å². The van der Waals surface area contributed by atoms with Gasteiger partial charge in [-0.2, -0.15) is 0 Å². The van der Waals surface area contributed by atoms with Crippen LogP contribution in [0.3, 0.4) is 0 Å². The maximum Gasteiger partial charge on any atom is 0.239 e. The number of nitrogens with zero attached hydrogens (tertiary/aromatic N) is 4. The van der Waals surface area contributed by atoms with Crippen molar-refractivity contribution in [3.63, 3.8) is 0 Å². The first-order chi connectivity index (χ1) is 13.6. The summed E-state index contributed by atoms with van der Waals surface area (Å²) < 4.78 is 0. The van der Waals surface area contributed by atoms with Crippen LogP contribution in [0.25, 0.3) is 0 Å². The Labute approximate surface area is 195 Å². The molecule has 8 heteroatoms. The van der Waals surface area contributed by atoms with Crippen molar-refractivity contribution in [3.8, 4) is 0 Å². The number of halogens is 1. The van der Waals surface area contributed by atoms with Gasteiger partial charge in [-0.3, -0.25) is 19.6 Å². The van der Waals surface area contributed by atoms with Gasteiger partial charge in [-0.05, 0) is 51.6 Å². The molecule has 0 spiro atoms. The fourth-order valence-electron chi connectivity index (χ4n) is 4.52. The third-order valence-electron chi connectivity index (χ3n) is 6.14. The summed E-state index contributed by atoms with van der Waals surface area (Å²) in [4.78, 5) is 23.3. The fraction of sp³-hybridized carbons (Fsp3) is 0.905. The SMILES string of the molecule is CCC1CCCCN1CCNC(=NC)NCCCN1CCCC1C(=O)N(C)C.I. The second-order valence-electron chi connectivity index (χ2n) is 8.30. The van der Waals surface area contributed by atoms with E-state index in [4.69, 9.17) is 0 Å². The highest BCUT2D eigenvalue weighted by Crippen LogP contribution is 2.19. The Morgan fingerprint density at radius 1 is 1.03 bits per heavy atom. The van der Waals surface area contributed by atoms with Crippen molar-refractivity contribution < 1.29 is 4.79 Å². The zero-order valence-electron chi connectivity index (χ0n) is 19.0. The molecular formula is C21H43IN6O. The average Bonchev–Trinajstić information content (AvgIpc) is 3.17. The van der Waals surface area contributed by atoms with Crippen LogP contribution in [0.15, 0.2) is 4.99 Å². The summed E-state index contributed by atoms with van der Waals surface area (Å²) in [6.45, 7) is 8.41. The first-order valence-corrected chi connectivity index (χ1v) is 11.2. The van der Waals surface area contributed by atoms with Gasteiger partial charge in [0.2, 0.25) is 5.91 Å². The molecule has 0 aromatic heterocycles. The van der Waals surface area contributed by atoms with E-state index < -0.39 is 0 Å². The lowest BCUT2D eigenvalue weighted by molar-refractivity contribution is -0.133. The molecule has 2 aliphatic rings. The number of rotatable bonds is 9. The Balaban J connectivity index is 0.00000420. The second kappa shape index (κ2) is 14.4. The molecule has 1 amide bonds. The molecule has 0 saturated carbocycles. The van der Waals surface area contributed by atoms with Crippen LogP contribution in [-0.2, 0) is 4.79 Å². The first-order valence-electron chi connectivity index (χ1n) is 11.2. The molecule has 0 aromatic rings. The summed E-state index contributed by atoms with van der Waals surface area (Å²) >= 11 is 0. The fourth-order valence-corrected chi connectivity index (χ4v) is 4.52. The van der Waals surface area contributed by atoms with E-state index in [0.717, 1.165) is 64.0 Å². The number of likely N-dealkylation sites (tertiary alicyclic amines) is 2. The van der Waals surface area contributed by atoms with Crippen molar-refractivity contribution in [1.29, 1.82) is 0 Å². The second-order valence-corrected chi connectivity index (χ2v) is 8.30. The van der Waals surface area contributed by atoms with Crippen LogP contribution in [-0.4, -0.2) is 99.1 Å². The van der Waals surface area contributed by atoms with Crippen LogP contribution >= 0.6 is 24.0 Å². The largest absolute Gasteiger partial charge is 0.356 e. The molecule has 2 fully saturated rings. The smallest absolute Gasteiger partial charge is 0.239 e. The normalized spacial score (nSPS) is 23.5. The molecule has 2 atom stereocenters. The first kappa shape index (κ1) is 26.4. The third-order valence-corrected chi connectivity index (χ3v) is 6.14. The number of likely N-dealkylation sites (N-methyl/N-ethyl adjacent to an activating group) is 1. The van der Waals surface area contributed by atoms with Gasteiger partial charge >= 0.3 is 0 Å². The molecule has 2 unspecified atom stereocenters. The van der Waals surface area contributed by atoms with Gasteiger partial charge < -0.3 is 15.5 Å². The molecule has 7 nitrogen and oxygen atoms in total. The Bertz CT molecular complexity index is 502. The highest BCUT2D eigenvalue weighted by molar-refractivity contribution is 14.0. The van der Waals surface area contributed by atoms with Gasteiger partial charge in [-0.25, -0.2) is 0 Å². The molecule has 2 saturated heterocycles. The molecule has 170 valence electrons. The maximum absolute atomic E-state index is 12.3. The monoisotopic (exact) mass is 522 g/mol. The van der Waals surface area contributed by atoms with Crippen molar-refractivity contribution in [1.82, 2.24) is 25.3 Å². The molecule has 0 radical (unpaired) electrons. The van der Waals surface area contributed by atoms with E-state index >= 15 is 0 Å². The number of amides is 1. The number of guanidine groups is 1. The summed E-state index contributed by atoms with van der Waals surface area (Å²) in [6.07, 6.45) is 8.43. The maximum atomic E-state index is 12.3. The van der Waals surface area contributed by atoms with E-state index in [0.29, 0.717) is 0 Å². The van der Waals surface area contributed by atoms with E-state index in [-0.39, 0.29) is 35.9 Å². The predicted octanol–water partition coefficient (Wildman–Crippen LogP) is 1.98. The molecule has 0 bridgehead atoms. The van der Waals surface area contributed by atoms with Gasteiger partial charge in [-0.15, -0.1) is 24.0 Å². The summed E-state index contributed by atoms with van der Waals surface area (Å²) in [5.41, 5.74) is 0. The van der Waals surface area contributed by atoms with Gasteiger partial charge in [0.15, 0.2) is 5.96 Å². The van der Waals surface area contributed by atoms with Crippen LogP contribution in [0.1, 0.15) is 51.9 Å². The molecule has 2 heterocycles. The van der Waals surface area contributed by atoms with Crippen molar-refractivity contribution in [3.05, 3.63) is 0 Å². The number of aliphatic imine (C=N–C) groups is 1. The van der Waals surface area contributed by atoms with E-state index in [1.165, 1.54) is 32.2 Å². The van der Waals surface area contributed by atoms with E-state index in [1.807, 2.05) is 21.1 Å². The van der Waals surface area contributed by atoms with Crippen molar-refractivity contribution >= 4 is 35.8 Å². The number of piperidine rings is 1. The lowest BCUT2D eigenvalue weighted by Gasteiger charge is -2.35. The minimum Gasteiger partial charge on any atom is -0.356 e. The van der Waals surface area contributed by atoms with Gasteiger partial charge in [0.05, 0.1) is 6.04 Å². The number of hydrogen-bond acceptors (Lipinski definition) is 4. The number of carbonyl (C=O) groups excluding carboxylic acids is 1. The van der Waals surface area contributed by atoms with Crippen molar-refractivity contribution in [2.75, 3.05) is 60.4 Å². The van der Waals surface area contributed by atoms with Gasteiger partial charge in [0.1, 0.15) is 0 Å². The van der Waals surface area contributed by atoms with Gasteiger partial charge in [-0.1, -0.05) is 13.3 Å². The van der Waals surface area contributed by atoms with Crippen LogP contribution in [0.5, 0.6) is 0 Å². The Hall–Kier alpha value is -0.610. The molecule has 2 N–H and O–H groups in total. The Morgan fingerprint density at radius 2 is 1.76 bits per heavy atom. The zero-order chi connectivity index (χ0) is 20.4. The highest BCUT2D eigenvalue weighted by atomic mass is 127. The van der Waals surface area contributed by atoms with Crippen LogP contribution in [0.4, 0.5) is 0 Å². The average molecular weight is 523 g/mol. The van der Waals surface area contributed by atoms with Gasteiger partial charge in [0, 0.05) is 53.4 Å². The molecule has 29 heavy (non-hydrogen) atoms. The minimum atomic E-state index is 0. The van der Waals surface area contributed by atoms with Crippen LogP contribution in [0, 0.1) is 0 Å². The molecule has 2 aliphatic heterocycles. The molecule has 2 rings (SSSR count).